The molecule has 1 N–H and O–H groups in total. The van der Waals surface area contributed by atoms with Crippen LogP contribution in [0, 0.1) is 17.1 Å². The lowest BCUT2D eigenvalue weighted by Gasteiger charge is -2.28. The van der Waals surface area contributed by atoms with Gasteiger partial charge in [-0.1, -0.05) is 0 Å². The van der Waals surface area contributed by atoms with E-state index in [-0.39, 0.29) is 23.6 Å². The summed E-state index contributed by atoms with van der Waals surface area (Å²) in [4.78, 5) is 0. The fourth-order valence-electron chi connectivity index (χ4n) is 2.53. The van der Waals surface area contributed by atoms with E-state index in [1.165, 1.54) is 22.9 Å². The Balaban J connectivity index is 2.16. The molecule has 1 unspecified atom stereocenters. The van der Waals surface area contributed by atoms with Crippen LogP contribution in [0.15, 0.2) is 30.4 Å². The smallest absolute Gasteiger partial charge is 0.278 e. The third-order valence-electron chi connectivity index (χ3n) is 3.67. The molecule has 0 aliphatic heterocycles. The van der Waals surface area contributed by atoms with Crippen LogP contribution in [0.25, 0.3) is 5.69 Å². The molecule has 108 valence electrons. The maximum Gasteiger partial charge on any atom is 0.278 e. The molecule has 3 rings (SSSR count). The van der Waals surface area contributed by atoms with Gasteiger partial charge in [0.1, 0.15) is 18.0 Å². The third kappa shape index (κ3) is 2.10. The Hall–Kier alpha value is -2.26. The summed E-state index contributed by atoms with van der Waals surface area (Å²) >= 11 is 0. The van der Waals surface area contributed by atoms with Gasteiger partial charge in [-0.3, -0.25) is 0 Å². The number of hydrogen-bond donors (Lipinski definition) is 1. The lowest BCUT2D eigenvalue weighted by Crippen LogP contribution is -2.31. The lowest BCUT2D eigenvalue weighted by molar-refractivity contribution is -0.121. The van der Waals surface area contributed by atoms with E-state index in [1.54, 1.807) is 6.07 Å². The normalized spacial score (nSPS) is 20.5. The highest BCUT2D eigenvalue weighted by atomic mass is 19.3. The van der Waals surface area contributed by atoms with Gasteiger partial charge in [0.2, 0.25) is 0 Å². The maximum absolute atomic E-state index is 13.6. The second-order valence-electron chi connectivity index (χ2n) is 4.94. The van der Waals surface area contributed by atoms with Crippen molar-refractivity contribution in [3.63, 3.8) is 0 Å². The number of nitrogens with zero attached hydrogens (tertiary/aromatic N) is 2. The molecule has 1 aliphatic rings. The van der Waals surface area contributed by atoms with Gasteiger partial charge in [-0.25, -0.2) is 13.2 Å². The highest BCUT2D eigenvalue weighted by Gasteiger charge is 2.44. The second-order valence-corrected chi connectivity index (χ2v) is 4.94. The minimum absolute atomic E-state index is 0.0163. The van der Waals surface area contributed by atoms with E-state index < -0.39 is 24.3 Å². The van der Waals surface area contributed by atoms with Gasteiger partial charge in [0.15, 0.2) is 0 Å². The highest BCUT2D eigenvalue weighted by molar-refractivity contribution is 5.46. The first-order chi connectivity index (χ1) is 10.3. The number of nitriles is 1. The Kier molecular flexibility index (Phi) is 2.76. The monoisotopic (exact) mass is 293 g/mol. The van der Waals surface area contributed by atoms with Gasteiger partial charge in [0.05, 0.1) is 6.93 Å². The van der Waals surface area contributed by atoms with Crippen LogP contribution in [-0.2, 0) is 6.42 Å². The fourth-order valence-corrected chi connectivity index (χ4v) is 2.53. The minimum Gasteiger partial charge on any atom is -0.382 e. The molecule has 1 aliphatic carbocycles. The van der Waals surface area contributed by atoms with E-state index in [1.807, 2.05) is 0 Å². The van der Waals surface area contributed by atoms with E-state index >= 15 is 0 Å². The Labute approximate surface area is 120 Å². The molecule has 0 saturated heterocycles. The zero-order valence-corrected chi connectivity index (χ0v) is 10.8. The van der Waals surface area contributed by atoms with Crippen LogP contribution >= 0.6 is 0 Å². The molecule has 0 radical (unpaired) electrons. The molecular weight excluding hydrogens is 281 g/mol. The van der Waals surface area contributed by atoms with Gasteiger partial charge in [-0.15, -0.1) is 0 Å². The molecule has 0 amide bonds. The van der Waals surface area contributed by atoms with E-state index in [0.717, 1.165) is 6.07 Å². The largest absolute Gasteiger partial charge is 0.382 e. The van der Waals surface area contributed by atoms with Crippen molar-refractivity contribution in [3.05, 3.63) is 53.1 Å². The van der Waals surface area contributed by atoms with E-state index in [0.29, 0.717) is 11.4 Å². The number of aliphatic hydroxyl groups is 1. The quantitative estimate of drug-likeness (QED) is 0.878. The van der Waals surface area contributed by atoms with Gasteiger partial charge in [0, 0.05) is 29.6 Å². The second kappa shape index (κ2) is 4.64. The van der Waals surface area contributed by atoms with Crippen molar-refractivity contribution in [1.29, 1.82) is 5.26 Å². The van der Waals surface area contributed by atoms with Gasteiger partial charge >= 0.3 is 0 Å². The number of hydrogen-bond acceptors (Lipinski definition) is 2. The Bertz CT molecular complexity index is 795. The zero-order chi connectivity index (χ0) is 16.1. The molecule has 1 aromatic heterocycles. The van der Waals surface area contributed by atoms with Gasteiger partial charge in [0.25, 0.3) is 5.92 Å². The van der Waals surface area contributed by atoms with E-state index in [2.05, 4.69) is 0 Å². The summed E-state index contributed by atoms with van der Waals surface area (Å²) in [6.45, 7) is 0. The van der Waals surface area contributed by atoms with Crippen LogP contribution in [0.5, 0.6) is 0 Å². The maximum atomic E-state index is 13.6. The van der Waals surface area contributed by atoms with Gasteiger partial charge in [-0.05, 0) is 30.7 Å². The molecule has 6 heteroatoms. The molecule has 0 spiro atoms. The van der Waals surface area contributed by atoms with Crippen molar-refractivity contribution >= 4 is 0 Å². The summed E-state index contributed by atoms with van der Waals surface area (Å²) in [6, 6.07) is 5.30. The summed E-state index contributed by atoms with van der Waals surface area (Å²) in [5.41, 5.74) is 0.497. The van der Waals surface area contributed by atoms with Crippen LogP contribution in [0.2, 0.25) is 0 Å². The fraction of sp³-hybridized carbons (Fsp3) is 0.267. The molecule has 3 nitrogen and oxygen atoms in total. The molecule has 1 aromatic carbocycles. The van der Waals surface area contributed by atoms with Crippen molar-refractivity contribution in [3.8, 4) is 11.8 Å². The van der Waals surface area contributed by atoms with Crippen molar-refractivity contribution in [2.75, 3.05) is 0 Å². The Morgan fingerprint density at radius 1 is 1.48 bits per heavy atom. The van der Waals surface area contributed by atoms with Crippen LogP contribution in [-0.4, -0.2) is 15.6 Å². The summed E-state index contributed by atoms with van der Waals surface area (Å²) in [7, 11) is 0. The number of aliphatic hydroxyl groups excluding tert-OH is 1. The van der Waals surface area contributed by atoms with Gasteiger partial charge < -0.3 is 9.67 Å². The summed E-state index contributed by atoms with van der Waals surface area (Å²) < 4.78 is 49.9. The molecule has 1 heterocycles. The van der Waals surface area contributed by atoms with Crippen molar-refractivity contribution in [2.24, 2.45) is 0 Å². The van der Waals surface area contributed by atoms with Crippen molar-refractivity contribution in [2.45, 2.75) is 24.9 Å². The molecule has 0 fully saturated rings. The van der Waals surface area contributed by atoms with Crippen LogP contribution in [0.1, 0.15) is 30.7 Å². The number of alkyl halides is 2. The van der Waals surface area contributed by atoms with Crippen LogP contribution < -0.4 is 0 Å². The molecular formula is C15H11F3N2O. The molecule has 0 bridgehead atoms. The van der Waals surface area contributed by atoms with Crippen molar-refractivity contribution in [1.82, 2.24) is 4.57 Å². The first-order valence-electron chi connectivity index (χ1n) is 6.82. The molecule has 0 saturated carbocycles. The number of halogens is 3. The molecule has 2 aromatic rings. The SMILES string of the molecule is [2H]c1cn(-c2ccc(F)c(C#N)c2)c2c1C(O)C(F)(F)CC2. The molecule has 1 atom stereocenters. The first kappa shape index (κ1) is 12.5. The number of fused-ring (bicyclic) bond motifs is 1. The number of rotatable bonds is 1. The number of benzene rings is 1. The highest BCUT2D eigenvalue weighted by Crippen LogP contribution is 2.42. The zero-order valence-electron chi connectivity index (χ0n) is 11.8. The topological polar surface area (TPSA) is 49.0 Å². The standard InChI is InChI=1S/C15H11F3N2O/c16-12-2-1-10(7-9(12)8-19)20-6-4-11-13(20)3-5-15(17,18)14(11)21/h1-2,4,6-7,14,21H,3,5H2/i4D. The average Bonchev–Trinajstić information content (AvgIpc) is 2.81. The lowest BCUT2D eigenvalue weighted by atomic mass is 9.91. The first-order valence-corrected chi connectivity index (χ1v) is 6.32. The predicted molar refractivity (Wildman–Crippen MR) is 68.7 cm³/mol. The van der Waals surface area contributed by atoms with E-state index in [9.17, 15) is 18.3 Å². The summed E-state index contributed by atoms with van der Waals surface area (Å²) in [5.74, 6) is -3.94. The summed E-state index contributed by atoms with van der Waals surface area (Å²) in [5, 5.41) is 18.6. The van der Waals surface area contributed by atoms with Crippen molar-refractivity contribution < 1.29 is 19.6 Å². The Morgan fingerprint density at radius 2 is 2.24 bits per heavy atom. The number of aromatic nitrogens is 1. The predicted octanol–water partition coefficient (Wildman–Crippen LogP) is 3.10. The Morgan fingerprint density at radius 3 is 2.95 bits per heavy atom. The van der Waals surface area contributed by atoms with Crippen LogP contribution in [0.4, 0.5) is 13.2 Å². The minimum atomic E-state index is -3.27. The van der Waals surface area contributed by atoms with Crippen LogP contribution in [0.3, 0.4) is 0 Å². The average molecular weight is 293 g/mol. The molecule has 21 heavy (non-hydrogen) atoms. The van der Waals surface area contributed by atoms with Gasteiger partial charge in [-0.2, -0.15) is 5.26 Å². The summed E-state index contributed by atoms with van der Waals surface area (Å²) in [6.07, 6.45) is -1.28. The third-order valence-corrected chi connectivity index (χ3v) is 3.67. The van der Waals surface area contributed by atoms with E-state index in [4.69, 9.17) is 6.63 Å².